The lowest BCUT2D eigenvalue weighted by Crippen LogP contribution is -2.10. The molecule has 0 amide bonds. The third-order valence-corrected chi connectivity index (χ3v) is 2.94. The summed E-state index contributed by atoms with van der Waals surface area (Å²) in [4.78, 5) is 11.9. The number of ether oxygens (including phenoxy) is 3. The fourth-order valence-electron chi connectivity index (χ4n) is 1.76. The van der Waals surface area contributed by atoms with Gasteiger partial charge >= 0.3 is 5.97 Å². The van der Waals surface area contributed by atoms with Gasteiger partial charge in [0.15, 0.2) is 11.5 Å². The highest BCUT2D eigenvalue weighted by Crippen LogP contribution is 2.35. The Hall–Kier alpha value is -2.27. The number of hydrogen-bond acceptors (Lipinski definition) is 4. The summed E-state index contributed by atoms with van der Waals surface area (Å²) in [5.74, 6) is -0.246. The maximum absolute atomic E-state index is 13.6. The molecule has 0 radical (unpaired) electrons. The fourth-order valence-corrected chi connectivity index (χ4v) is 1.92. The summed E-state index contributed by atoms with van der Waals surface area (Å²) in [6.07, 6.45) is 0. The monoisotopic (exact) mass is 294 g/mol. The first-order chi connectivity index (χ1) is 9.63. The number of fused-ring (bicyclic) bond motifs is 1. The topological polar surface area (TPSA) is 44.8 Å². The highest BCUT2D eigenvalue weighted by molar-refractivity contribution is 6.30. The molecule has 4 nitrogen and oxygen atoms in total. The zero-order valence-electron chi connectivity index (χ0n) is 10.1. The Kier molecular flexibility index (Phi) is 3.20. The van der Waals surface area contributed by atoms with E-state index in [-0.39, 0.29) is 23.1 Å². The lowest BCUT2D eigenvalue weighted by Gasteiger charge is -2.06. The summed E-state index contributed by atoms with van der Waals surface area (Å²) in [6, 6.07) is 8.40. The first kappa shape index (κ1) is 12.7. The molecule has 3 rings (SSSR count). The molecule has 6 heteroatoms. The molecule has 1 aliphatic heterocycles. The van der Waals surface area contributed by atoms with Crippen LogP contribution in [0.4, 0.5) is 4.39 Å². The molecule has 20 heavy (non-hydrogen) atoms. The van der Waals surface area contributed by atoms with Crippen LogP contribution in [-0.4, -0.2) is 12.8 Å². The number of benzene rings is 2. The van der Waals surface area contributed by atoms with E-state index in [2.05, 4.69) is 0 Å². The molecule has 0 saturated carbocycles. The van der Waals surface area contributed by atoms with Crippen molar-refractivity contribution >= 4 is 17.6 Å². The molecule has 0 aliphatic carbocycles. The molecule has 0 unspecified atom stereocenters. The first-order valence-electron chi connectivity index (χ1n) is 5.70. The molecule has 0 N–H and O–H groups in total. The largest absolute Gasteiger partial charge is 0.454 e. The standard InChI is InChI=1S/C14H8ClFO4/c15-8-1-3-10(11(16)5-8)14(17)20-9-2-4-12-13(6-9)19-7-18-12/h1-6H,7H2. The van der Waals surface area contributed by atoms with E-state index in [1.807, 2.05) is 0 Å². The van der Waals surface area contributed by atoms with Crippen LogP contribution >= 0.6 is 11.6 Å². The van der Waals surface area contributed by atoms with Gasteiger partial charge in [-0.05, 0) is 30.3 Å². The van der Waals surface area contributed by atoms with E-state index >= 15 is 0 Å². The second-order valence-corrected chi connectivity index (χ2v) is 4.47. The van der Waals surface area contributed by atoms with Gasteiger partial charge in [-0.2, -0.15) is 0 Å². The van der Waals surface area contributed by atoms with Crippen LogP contribution in [0.25, 0.3) is 0 Å². The summed E-state index contributed by atoms with van der Waals surface area (Å²) in [6.45, 7) is 0.124. The normalized spacial score (nSPS) is 12.3. The molecule has 2 aromatic rings. The van der Waals surface area contributed by atoms with Crippen molar-refractivity contribution in [1.82, 2.24) is 0 Å². The van der Waals surface area contributed by atoms with Crippen LogP contribution in [0.3, 0.4) is 0 Å². The van der Waals surface area contributed by atoms with Crippen molar-refractivity contribution in [2.75, 3.05) is 6.79 Å². The first-order valence-corrected chi connectivity index (χ1v) is 6.08. The third kappa shape index (κ3) is 2.40. The van der Waals surface area contributed by atoms with E-state index in [1.54, 1.807) is 12.1 Å². The Labute approximate surface area is 118 Å². The van der Waals surface area contributed by atoms with E-state index in [9.17, 15) is 9.18 Å². The number of hydrogen-bond donors (Lipinski definition) is 0. The van der Waals surface area contributed by atoms with Crippen molar-refractivity contribution in [2.45, 2.75) is 0 Å². The number of rotatable bonds is 2. The highest BCUT2D eigenvalue weighted by atomic mass is 35.5. The van der Waals surface area contributed by atoms with Crippen LogP contribution in [0.5, 0.6) is 17.2 Å². The van der Waals surface area contributed by atoms with Gasteiger partial charge in [0.2, 0.25) is 6.79 Å². The molecule has 0 bridgehead atoms. The van der Waals surface area contributed by atoms with Crippen LogP contribution in [0.15, 0.2) is 36.4 Å². The second kappa shape index (κ2) is 5.02. The van der Waals surface area contributed by atoms with E-state index < -0.39 is 11.8 Å². The molecule has 1 aliphatic rings. The minimum Gasteiger partial charge on any atom is -0.454 e. The maximum atomic E-state index is 13.6. The molecule has 0 aromatic heterocycles. The Balaban J connectivity index is 1.82. The summed E-state index contributed by atoms with van der Waals surface area (Å²) in [5, 5.41) is 0.210. The van der Waals surface area contributed by atoms with E-state index in [1.165, 1.54) is 18.2 Å². The van der Waals surface area contributed by atoms with Gasteiger partial charge in [-0.25, -0.2) is 9.18 Å². The van der Waals surface area contributed by atoms with Crippen molar-refractivity contribution in [1.29, 1.82) is 0 Å². The zero-order valence-corrected chi connectivity index (χ0v) is 10.8. The predicted octanol–water partition coefficient (Wildman–Crippen LogP) is 3.43. The molecular weight excluding hydrogens is 287 g/mol. The summed E-state index contributed by atoms with van der Waals surface area (Å²) < 4.78 is 29.0. The molecule has 0 spiro atoms. The van der Waals surface area contributed by atoms with Gasteiger partial charge in [0.25, 0.3) is 0 Å². The molecule has 2 aromatic carbocycles. The van der Waals surface area contributed by atoms with E-state index in [0.717, 1.165) is 6.07 Å². The lowest BCUT2D eigenvalue weighted by molar-refractivity contribution is 0.0729. The molecule has 102 valence electrons. The Morgan fingerprint density at radius 3 is 2.75 bits per heavy atom. The second-order valence-electron chi connectivity index (χ2n) is 4.03. The van der Waals surface area contributed by atoms with Gasteiger partial charge in [-0.15, -0.1) is 0 Å². The van der Waals surface area contributed by atoms with Crippen molar-refractivity contribution in [3.63, 3.8) is 0 Å². The Morgan fingerprint density at radius 2 is 1.95 bits per heavy atom. The lowest BCUT2D eigenvalue weighted by atomic mass is 10.2. The quantitative estimate of drug-likeness (QED) is 0.629. The smallest absolute Gasteiger partial charge is 0.346 e. The third-order valence-electron chi connectivity index (χ3n) is 2.71. The van der Waals surface area contributed by atoms with Crippen LogP contribution in [0, 0.1) is 5.82 Å². The number of halogens is 2. The molecule has 0 saturated heterocycles. The van der Waals surface area contributed by atoms with Crippen LogP contribution in [0.1, 0.15) is 10.4 Å². The van der Waals surface area contributed by atoms with Gasteiger partial charge < -0.3 is 14.2 Å². The summed E-state index contributed by atoms with van der Waals surface area (Å²) >= 11 is 5.62. The minimum atomic E-state index is -0.807. The average Bonchev–Trinajstić information content (AvgIpc) is 2.85. The zero-order chi connectivity index (χ0) is 14.1. The average molecular weight is 295 g/mol. The van der Waals surface area contributed by atoms with Gasteiger partial charge in [-0.1, -0.05) is 11.6 Å². The molecule has 0 fully saturated rings. The minimum absolute atomic E-state index is 0.124. The fraction of sp³-hybridized carbons (Fsp3) is 0.0714. The van der Waals surface area contributed by atoms with E-state index in [4.69, 9.17) is 25.8 Å². The summed E-state index contributed by atoms with van der Waals surface area (Å²) in [5.41, 5.74) is -0.188. The number of carbonyl (C=O) groups excluding carboxylic acids is 1. The SMILES string of the molecule is O=C(Oc1ccc2c(c1)OCO2)c1ccc(Cl)cc1F. The van der Waals surface area contributed by atoms with Crippen LogP contribution < -0.4 is 14.2 Å². The van der Waals surface area contributed by atoms with Crippen LogP contribution in [-0.2, 0) is 0 Å². The Bertz CT molecular complexity index is 687. The molecular formula is C14H8ClFO4. The van der Waals surface area contributed by atoms with Crippen molar-refractivity contribution in [2.24, 2.45) is 0 Å². The van der Waals surface area contributed by atoms with Gasteiger partial charge in [-0.3, -0.25) is 0 Å². The number of carbonyl (C=O) groups is 1. The van der Waals surface area contributed by atoms with Gasteiger partial charge in [0.05, 0.1) is 5.56 Å². The van der Waals surface area contributed by atoms with Crippen molar-refractivity contribution in [3.05, 3.63) is 52.8 Å². The number of esters is 1. The summed E-state index contributed by atoms with van der Waals surface area (Å²) in [7, 11) is 0. The van der Waals surface area contributed by atoms with Gasteiger partial charge in [0, 0.05) is 11.1 Å². The van der Waals surface area contributed by atoms with Crippen LogP contribution in [0.2, 0.25) is 5.02 Å². The maximum Gasteiger partial charge on any atom is 0.346 e. The van der Waals surface area contributed by atoms with Gasteiger partial charge in [0.1, 0.15) is 11.6 Å². The predicted molar refractivity (Wildman–Crippen MR) is 68.9 cm³/mol. The van der Waals surface area contributed by atoms with Crippen molar-refractivity contribution < 1.29 is 23.4 Å². The highest BCUT2D eigenvalue weighted by Gasteiger charge is 2.18. The molecule has 1 heterocycles. The Morgan fingerprint density at radius 1 is 1.15 bits per heavy atom. The molecule has 0 atom stereocenters. The van der Waals surface area contributed by atoms with Crippen molar-refractivity contribution in [3.8, 4) is 17.2 Å². The van der Waals surface area contributed by atoms with E-state index in [0.29, 0.717) is 11.5 Å².